The molecule has 1 aromatic carbocycles. The lowest BCUT2D eigenvalue weighted by Gasteiger charge is -2.32. The predicted octanol–water partition coefficient (Wildman–Crippen LogP) is 0.695. The van der Waals surface area contributed by atoms with Crippen LogP contribution in [-0.2, 0) is 10.9 Å². The molecule has 1 amide bonds. The van der Waals surface area contributed by atoms with E-state index in [1.807, 2.05) is 0 Å². The zero-order chi connectivity index (χ0) is 16.5. The second-order valence-corrected chi connectivity index (χ2v) is 4.86. The molecule has 22 heavy (non-hydrogen) atoms. The van der Waals surface area contributed by atoms with Gasteiger partial charge in [-0.1, -0.05) is 0 Å². The summed E-state index contributed by atoms with van der Waals surface area (Å²) >= 11 is 0. The summed E-state index contributed by atoms with van der Waals surface area (Å²) in [5.41, 5.74) is -2.20. The van der Waals surface area contributed by atoms with Crippen LogP contribution in [-0.4, -0.2) is 47.6 Å². The summed E-state index contributed by atoms with van der Waals surface area (Å²) in [6.45, 7) is -0.301. The van der Waals surface area contributed by atoms with E-state index in [4.69, 9.17) is 4.74 Å². The molecule has 0 bridgehead atoms. The van der Waals surface area contributed by atoms with Crippen molar-refractivity contribution in [2.75, 3.05) is 13.2 Å². The van der Waals surface area contributed by atoms with E-state index >= 15 is 0 Å². The minimum atomic E-state index is -4.91. The molecule has 0 aromatic heterocycles. The summed E-state index contributed by atoms with van der Waals surface area (Å²) in [5.74, 6) is -2.27. The third-order valence-corrected chi connectivity index (χ3v) is 3.24. The monoisotopic (exact) mass is 323 g/mol. The van der Waals surface area contributed by atoms with Crippen molar-refractivity contribution in [3.8, 4) is 0 Å². The Morgan fingerprint density at radius 2 is 1.95 bits per heavy atom. The van der Waals surface area contributed by atoms with E-state index in [0.29, 0.717) is 6.07 Å². The number of alkyl halides is 3. The van der Waals surface area contributed by atoms with Crippen molar-refractivity contribution in [2.24, 2.45) is 0 Å². The fourth-order valence-electron chi connectivity index (χ4n) is 2.10. The van der Waals surface area contributed by atoms with Crippen LogP contribution in [0, 0.1) is 5.82 Å². The zero-order valence-corrected chi connectivity index (χ0v) is 11.1. The number of aliphatic hydroxyl groups excluding tert-OH is 2. The Kier molecular flexibility index (Phi) is 4.69. The van der Waals surface area contributed by atoms with Crippen LogP contribution in [0.2, 0.25) is 0 Å². The van der Waals surface area contributed by atoms with Crippen LogP contribution < -0.4 is 5.32 Å². The van der Waals surface area contributed by atoms with Crippen molar-refractivity contribution in [3.05, 3.63) is 35.1 Å². The molecule has 9 heteroatoms. The summed E-state index contributed by atoms with van der Waals surface area (Å²) in [4.78, 5) is 12.0. The Morgan fingerprint density at radius 3 is 2.59 bits per heavy atom. The smallest absolute Gasteiger partial charge is 0.388 e. The first-order valence-electron chi connectivity index (χ1n) is 6.31. The highest BCUT2D eigenvalue weighted by Crippen LogP contribution is 2.32. The molecule has 2 rings (SSSR count). The van der Waals surface area contributed by atoms with Gasteiger partial charge >= 0.3 is 6.18 Å². The summed E-state index contributed by atoms with van der Waals surface area (Å²) in [7, 11) is 0. The van der Waals surface area contributed by atoms with Crippen molar-refractivity contribution >= 4 is 5.91 Å². The number of hydrogen-bond donors (Lipinski definition) is 3. The third kappa shape index (κ3) is 3.54. The van der Waals surface area contributed by atoms with Crippen LogP contribution >= 0.6 is 0 Å². The summed E-state index contributed by atoms with van der Waals surface area (Å²) < 4.78 is 56.4. The molecule has 0 unspecified atom stereocenters. The Hall–Kier alpha value is -1.71. The first-order chi connectivity index (χ1) is 10.2. The van der Waals surface area contributed by atoms with Gasteiger partial charge in [0, 0.05) is 0 Å². The van der Waals surface area contributed by atoms with E-state index in [9.17, 15) is 32.6 Å². The van der Waals surface area contributed by atoms with Crippen LogP contribution in [0.4, 0.5) is 17.6 Å². The largest absolute Gasteiger partial charge is 0.417 e. The van der Waals surface area contributed by atoms with Gasteiger partial charge in [0.25, 0.3) is 5.91 Å². The maximum atomic E-state index is 13.0. The number of rotatable bonds is 2. The van der Waals surface area contributed by atoms with Gasteiger partial charge in [-0.25, -0.2) is 4.39 Å². The first-order valence-corrected chi connectivity index (χ1v) is 6.31. The average molecular weight is 323 g/mol. The average Bonchev–Trinajstić information content (AvgIpc) is 2.42. The molecular weight excluding hydrogens is 310 g/mol. The van der Waals surface area contributed by atoms with Gasteiger partial charge in [-0.2, -0.15) is 13.2 Å². The van der Waals surface area contributed by atoms with Gasteiger partial charge in [0.15, 0.2) is 0 Å². The number of carbonyl (C=O) groups is 1. The molecular formula is C13H13F4NO4. The standard InChI is InChI=1S/C13H13F4NO4/c14-6-1-2-7(8(3-6)13(15,16)17)12(21)18-9-4-22-5-10(19)11(9)20/h1-3,9-11,19-20H,4-5H2,(H,18,21)/t9-,10-,11+/m1/s1. The van der Waals surface area contributed by atoms with Gasteiger partial charge in [0.2, 0.25) is 0 Å². The van der Waals surface area contributed by atoms with Crippen LogP contribution in [0.25, 0.3) is 0 Å². The molecule has 3 N–H and O–H groups in total. The van der Waals surface area contributed by atoms with Crippen LogP contribution in [0.15, 0.2) is 18.2 Å². The van der Waals surface area contributed by atoms with Gasteiger partial charge < -0.3 is 20.3 Å². The first kappa shape index (κ1) is 16.7. The van der Waals surface area contributed by atoms with E-state index in [-0.39, 0.29) is 19.3 Å². The van der Waals surface area contributed by atoms with Crippen molar-refractivity contribution in [1.82, 2.24) is 5.32 Å². The van der Waals surface area contributed by atoms with Gasteiger partial charge in [0.05, 0.1) is 30.4 Å². The summed E-state index contributed by atoms with van der Waals surface area (Å²) in [6.07, 6.45) is -7.53. The lowest BCUT2D eigenvalue weighted by Crippen LogP contribution is -2.55. The fraction of sp³-hybridized carbons (Fsp3) is 0.462. The van der Waals surface area contributed by atoms with E-state index in [1.54, 1.807) is 0 Å². The summed E-state index contributed by atoms with van der Waals surface area (Å²) in [6, 6.07) is 0.590. The van der Waals surface area contributed by atoms with E-state index in [0.717, 1.165) is 6.07 Å². The Morgan fingerprint density at radius 1 is 1.27 bits per heavy atom. The molecule has 1 aromatic rings. The number of ether oxygens (including phenoxy) is 1. The van der Waals surface area contributed by atoms with Gasteiger partial charge in [-0.05, 0) is 18.2 Å². The zero-order valence-electron chi connectivity index (χ0n) is 11.1. The lowest BCUT2D eigenvalue weighted by atomic mass is 10.0. The van der Waals surface area contributed by atoms with Gasteiger partial charge in [-0.15, -0.1) is 0 Å². The normalized spacial score (nSPS) is 25.8. The Balaban J connectivity index is 2.23. The van der Waals surface area contributed by atoms with Crippen LogP contribution in [0.3, 0.4) is 0 Å². The quantitative estimate of drug-likeness (QED) is 0.700. The molecule has 1 fully saturated rings. The molecule has 0 radical (unpaired) electrons. The number of halogens is 4. The van der Waals surface area contributed by atoms with Crippen LogP contribution in [0.5, 0.6) is 0 Å². The maximum absolute atomic E-state index is 13.0. The highest BCUT2D eigenvalue weighted by atomic mass is 19.4. The van der Waals surface area contributed by atoms with Crippen LogP contribution in [0.1, 0.15) is 15.9 Å². The fourth-order valence-corrected chi connectivity index (χ4v) is 2.10. The molecule has 5 nitrogen and oxygen atoms in total. The minimum Gasteiger partial charge on any atom is -0.388 e. The molecule has 0 spiro atoms. The Labute approximate surface area is 122 Å². The van der Waals surface area contributed by atoms with E-state index < -0.39 is 47.3 Å². The summed E-state index contributed by atoms with van der Waals surface area (Å²) in [5, 5.41) is 21.2. The SMILES string of the molecule is O=C(N[C@@H]1COC[C@@H](O)[C@H]1O)c1ccc(F)cc1C(F)(F)F. The molecule has 1 aliphatic heterocycles. The molecule has 1 saturated heterocycles. The van der Waals surface area contributed by atoms with Gasteiger partial charge in [-0.3, -0.25) is 4.79 Å². The van der Waals surface area contributed by atoms with Crippen molar-refractivity contribution in [3.63, 3.8) is 0 Å². The molecule has 1 heterocycles. The number of amides is 1. The van der Waals surface area contributed by atoms with Crippen molar-refractivity contribution < 1.29 is 37.3 Å². The molecule has 0 saturated carbocycles. The van der Waals surface area contributed by atoms with E-state index in [2.05, 4.69) is 5.32 Å². The number of carbonyl (C=O) groups excluding carboxylic acids is 1. The minimum absolute atomic E-state index is 0.141. The number of benzene rings is 1. The lowest BCUT2D eigenvalue weighted by molar-refractivity contribution is -0.138. The van der Waals surface area contributed by atoms with Crippen molar-refractivity contribution in [1.29, 1.82) is 0 Å². The molecule has 1 aliphatic rings. The highest BCUT2D eigenvalue weighted by Gasteiger charge is 2.37. The number of aliphatic hydroxyl groups is 2. The molecule has 122 valence electrons. The predicted molar refractivity (Wildman–Crippen MR) is 65.5 cm³/mol. The second kappa shape index (κ2) is 6.19. The number of nitrogens with one attached hydrogen (secondary N) is 1. The Bertz CT molecular complexity index is 563. The molecule has 0 aliphatic carbocycles. The van der Waals surface area contributed by atoms with Crippen molar-refractivity contribution in [2.45, 2.75) is 24.4 Å². The third-order valence-electron chi connectivity index (χ3n) is 3.24. The highest BCUT2D eigenvalue weighted by molar-refractivity contribution is 5.96. The van der Waals surface area contributed by atoms with Gasteiger partial charge in [0.1, 0.15) is 18.0 Å². The van der Waals surface area contributed by atoms with E-state index in [1.165, 1.54) is 0 Å². The maximum Gasteiger partial charge on any atom is 0.417 e. The number of hydrogen-bond acceptors (Lipinski definition) is 4. The second-order valence-electron chi connectivity index (χ2n) is 4.86. The molecule has 3 atom stereocenters. The topological polar surface area (TPSA) is 78.8 Å².